The second-order valence-electron chi connectivity index (χ2n) is 22.7. The maximum absolute atomic E-state index is 10.6. The van der Waals surface area contributed by atoms with E-state index in [0.29, 0.717) is 44.5 Å². The average molecular weight is 1140 g/mol. The molecule has 0 atom stereocenters. The van der Waals surface area contributed by atoms with Crippen LogP contribution in [0, 0.1) is 13.2 Å². The third-order valence-corrected chi connectivity index (χ3v) is 15.0. The highest BCUT2D eigenvalue weighted by Crippen LogP contribution is 2.44. The molecule has 86 heavy (non-hydrogen) atoms. The number of aromatic nitrogens is 4. The van der Waals surface area contributed by atoms with Crippen LogP contribution < -0.4 is 9.30 Å². The van der Waals surface area contributed by atoms with Gasteiger partial charge < -0.3 is 4.74 Å². The molecule has 14 aromatic rings. The molecule has 0 amide bonds. The lowest BCUT2D eigenvalue weighted by molar-refractivity contribution is -0.571. The first-order chi connectivity index (χ1) is 52.6. The van der Waals surface area contributed by atoms with Crippen LogP contribution in [0.15, 0.2) is 273 Å². The molecular weight excluding hydrogens is 1040 g/mol. The van der Waals surface area contributed by atoms with E-state index in [1.807, 2.05) is 77.9 Å². The van der Waals surface area contributed by atoms with Crippen molar-refractivity contribution in [3.05, 3.63) is 296 Å². The molecule has 0 N–H and O–H groups in total. The van der Waals surface area contributed by atoms with Crippen molar-refractivity contribution in [1.29, 1.82) is 0 Å². The summed E-state index contributed by atoms with van der Waals surface area (Å²) in [5.74, 6) is 0.687. The lowest BCUT2D eigenvalue weighted by atomic mass is 9.78. The predicted molar refractivity (Wildman–Crippen MR) is 357 cm³/mol. The fraction of sp³-hybridized carbons (Fsp3) is 0.111. The first-order valence-electron chi connectivity index (χ1n) is 40.6. The molecule has 0 aliphatic heterocycles. The number of hydrogen-bond donors (Lipinski definition) is 0. The molecule has 0 bridgehead atoms. The van der Waals surface area contributed by atoms with Crippen molar-refractivity contribution < 1.29 is 44.9 Å². The number of benzene rings is 11. The van der Waals surface area contributed by atoms with Crippen molar-refractivity contribution in [2.75, 3.05) is 0 Å². The topological polar surface area (TPSA) is 35.9 Å². The van der Waals surface area contributed by atoms with Crippen molar-refractivity contribution in [1.82, 2.24) is 14.1 Å². The average Bonchev–Trinajstić information content (AvgIpc) is 0.856. The van der Waals surface area contributed by atoms with Crippen LogP contribution in [0.2, 0.25) is 0 Å². The second-order valence-corrected chi connectivity index (χ2v) is 22.7. The van der Waals surface area contributed by atoms with Gasteiger partial charge in [-0.2, -0.15) is 0 Å². The fourth-order valence-electron chi connectivity index (χ4n) is 10.7. The van der Waals surface area contributed by atoms with Gasteiger partial charge in [0.1, 0.15) is 17.3 Å². The van der Waals surface area contributed by atoms with E-state index in [0.717, 1.165) is 16.5 Å². The molecule has 0 aliphatic carbocycles. The van der Waals surface area contributed by atoms with Gasteiger partial charge in [0.25, 0.3) is 6.33 Å². The molecule has 0 aliphatic rings. The van der Waals surface area contributed by atoms with Gasteiger partial charge in [0.15, 0.2) is 0 Å². The summed E-state index contributed by atoms with van der Waals surface area (Å²) in [6.07, 6.45) is 4.76. The molecule has 0 saturated heterocycles. The number of hydrogen-bond acceptors (Lipinski definition) is 2. The van der Waals surface area contributed by atoms with E-state index in [-0.39, 0.29) is 56.2 Å². The van der Waals surface area contributed by atoms with Crippen LogP contribution in [-0.4, -0.2) is 14.1 Å². The summed E-state index contributed by atoms with van der Waals surface area (Å²) in [7, 11) is 0. The SMILES string of the molecule is [2H]c1c([2H])c([2H])c(-c2cc(-c3cc(C(C)(C)C)cc(C(C)(C)C)c3)c(-[n+]3[c-]n(-c4cccc(Oc5ccc6c7ccccc7n(-c7cc(C([2H])([2H])[2H])c(-c8c([2H])c([2H])c([2H])c([2H])c8[2H])cn7)c6c5)c4)c4ccccc43)c(-c3c([2H])c(-c4c([2H])c([2H])c([2H])c([2H])c4[2H])c([2H])c(-c4c([2H])c([2H])c([2H])c([2H])c4[2H])c3[2H])c2)c([2H])c1[2H]. The first kappa shape index (κ1) is 32.1. The van der Waals surface area contributed by atoms with Crippen molar-refractivity contribution in [3.63, 3.8) is 0 Å². The number of pyridine rings is 1. The van der Waals surface area contributed by atoms with E-state index in [9.17, 15) is 12.3 Å². The number of nitrogens with zero attached hydrogens (tertiary/aromatic N) is 4. The standard InChI is InChI=1S/C81H66N4O/c1-54-41-78(82-52-73(54)58-31-18-11-19-32-58)85-74-36-21-20-35-69(74)70-40-39-68(51-77(70)85)86-67-34-24-33-66(50-67)83-53-84(76-38-23-22-37-75(76)83)79-71(62-43-59(55-25-12-8-13-26-55)42-60(44-62)56-27-14-9-15-28-56)47-61(57-29-16-10-17-30-57)48-72(79)63-45-64(80(2,3)4)49-65(46-63)81(5,6)7/h8-52H,1-7H3/i1D3,8D,9D,10D,11D,12D,13D,14D,15D,16D,17D,18D,19D,25D,26D,27D,28D,29D,30D,31D,32D,42D,43D,44D. The van der Waals surface area contributed by atoms with E-state index in [1.54, 1.807) is 86.5 Å². The third kappa shape index (κ3) is 10.2. The van der Waals surface area contributed by atoms with Gasteiger partial charge in [-0.05, 0) is 168 Å². The molecule has 0 unspecified atom stereocenters. The summed E-state index contributed by atoms with van der Waals surface area (Å²) in [5.41, 5.74) is -1.33. The predicted octanol–water partition coefficient (Wildman–Crippen LogP) is 20.9. The van der Waals surface area contributed by atoms with Gasteiger partial charge in [-0.15, -0.1) is 0 Å². The highest BCUT2D eigenvalue weighted by molar-refractivity contribution is 6.09. The molecule has 11 aromatic carbocycles. The monoisotopic (exact) mass is 1140 g/mol. The van der Waals surface area contributed by atoms with E-state index in [1.165, 1.54) is 18.3 Å². The van der Waals surface area contributed by atoms with Crippen LogP contribution in [0.1, 0.15) is 93.9 Å². The largest absolute Gasteiger partial charge is 0.458 e. The van der Waals surface area contributed by atoms with Gasteiger partial charge in [-0.3, -0.25) is 13.7 Å². The van der Waals surface area contributed by atoms with Crippen molar-refractivity contribution >= 4 is 32.8 Å². The summed E-state index contributed by atoms with van der Waals surface area (Å²) < 4.78 is 248. The van der Waals surface area contributed by atoms with Gasteiger partial charge in [-0.1, -0.05) is 229 Å². The molecule has 14 rings (SSSR count). The molecule has 416 valence electrons. The molecule has 5 heteroatoms. The Morgan fingerprint density at radius 2 is 1.00 bits per heavy atom. The smallest absolute Gasteiger partial charge is 0.269 e. The Bertz CT molecular complexity index is 6180. The lowest BCUT2D eigenvalue weighted by Crippen LogP contribution is -2.31. The molecule has 0 radical (unpaired) electrons. The number of rotatable bonds is 11. The van der Waals surface area contributed by atoms with Crippen LogP contribution in [0.3, 0.4) is 0 Å². The number of ether oxygens (including phenoxy) is 1. The van der Waals surface area contributed by atoms with E-state index < -0.39 is 184 Å². The minimum Gasteiger partial charge on any atom is -0.458 e. The highest BCUT2D eigenvalue weighted by atomic mass is 16.5. The summed E-state index contributed by atoms with van der Waals surface area (Å²) in [5, 5.41) is 1.46. The zero-order valence-corrected chi connectivity index (χ0v) is 47.4. The maximum atomic E-state index is 10.6. The molecular formula is C81H66N4O. The maximum Gasteiger partial charge on any atom is 0.269 e. The Morgan fingerprint density at radius 1 is 0.453 bits per heavy atom. The third-order valence-electron chi connectivity index (χ3n) is 15.0. The van der Waals surface area contributed by atoms with E-state index >= 15 is 0 Å². The lowest BCUT2D eigenvalue weighted by Gasteiger charge is -2.27. The Labute approximate surface area is 540 Å². The summed E-state index contributed by atoms with van der Waals surface area (Å²) in [4.78, 5) is 4.73. The van der Waals surface area contributed by atoms with E-state index in [2.05, 4.69) is 12.4 Å². The number of fused-ring (bicyclic) bond motifs is 4. The minimum absolute atomic E-state index is 0.0519. The Morgan fingerprint density at radius 3 is 1.63 bits per heavy atom. The molecule has 3 aromatic heterocycles. The molecule has 0 saturated carbocycles. The van der Waals surface area contributed by atoms with Gasteiger partial charge in [0, 0.05) is 32.7 Å². The quantitative estimate of drug-likeness (QED) is 0.0956. The zero-order chi connectivity index (χ0) is 81.2. The fourth-order valence-corrected chi connectivity index (χ4v) is 10.7. The Balaban J connectivity index is 1.06. The van der Waals surface area contributed by atoms with Crippen LogP contribution in [0.4, 0.5) is 0 Å². The Kier molecular flexibility index (Phi) is 8.08. The van der Waals surface area contributed by atoms with Crippen molar-refractivity contribution in [2.45, 2.75) is 59.2 Å². The first-order valence-corrected chi connectivity index (χ1v) is 27.6. The van der Waals surface area contributed by atoms with Crippen molar-refractivity contribution in [3.8, 4) is 95.5 Å². The molecule has 3 heterocycles. The number of aryl methyl sites for hydroxylation is 1. The summed E-state index contributed by atoms with van der Waals surface area (Å²) >= 11 is 0. The number of para-hydroxylation sites is 3. The summed E-state index contributed by atoms with van der Waals surface area (Å²) in [6.45, 7) is 9.20. The molecule has 0 spiro atoms. The van der Waals surface area contributed by atoms with Gasteiger partial charge in [0.05, 0.1) is 65.0 Å². The van der Waals surface area contributed by atoms with E-state index in [4.69, 9.17) is 33.0 Å². The second kappa shape index (κ2) is 21.7. The molecule has 0 fully saturated rings. The highest BCUT2D eigenvalue weighted by Gasteiger charge is 2.27. The number of imidazole rings is 1. The van der Waals surface area contributed by atoms with Gasteiger partial charge in [-0.25, -0.2) is 4.98 Å². The zero-order valence-electron chi connectivity index (χ0n) is 73.4. The minimum atomic E-state index is -2.88. The Hall–Kier alpha value is -10.4. The van der Waals surface area contributed by atoms with Crippen molar-refractivity contribution in [2.24, 2.45) is 0 Å². The van der Waals surface area contributed by atoms with Gasteiger partial charge >= 0.3 is 0 Å². The van der Waals surface area contributed by atoms with Crippen LogP contribution in [0.5, 0.6) is 11.5 Å². The van der Waals surface area contributed by atoms with Crippen LogP contribution in [0.25, 0.3) is 117 Å². The summed E-state index contributed by atoms with van der Waals surface area (Å²) in [6, 6.07) is 18.9. The normalized spacial score (nSPS) is 16.3. The van der Waals surface area contributed by atoms with Crippen LogP contribution >= 0.6 is 0 Å². The van der Waals surface area contributed by atoms with Crippen LogP contribution in [-0.2, 0) is 10.8 Å². The molecule has 5 nitrogen and oxygen atoms in total. The van der Waals surface area contributed by atoms with Gasteiger partial charge in [0.2, 0.25) is 0 Å².